The fourth-order valence-corrected chi connectivity index (χ4v) is 4.51. The summed E-state index contributed by atoms with van der Waals surface area (Å²) in [5, 5.41) is 0.171. The van der Waals surface area contributed by atoms with Gasteiger partial charge in [-0.2, -0.15) is 11.8 Å². The second kappa shape index (κ2) is 6.95. The Morgan fingerprint density at radius 2 is 2.15 bits per heavy atom. The molecule has 0 unspecified atom stereocenters. The monoisotopic (exact) mass is 336 g/mol. The van der Waals surface area contributed by atoms with E-state index in [0.29, 0.717) is 12.5 Å². The molecule has 0 aromatic carbocycles. The van der Waals surface area contributed by atoms with Crippen LogP contribution in [0.3, 0.4) is 0 Å². The Labute approximate surface area is 127 Å². The number of sulfonamides is 1. The molecule has 2 rings (SSSR count). The molecule has 0 bridgehead atoms. The third-order valence-electron chi connectivity index (χ3n) is 3.17. The first-order valence-corrected chi connectivity index (χ1v) is 9.24. The number of pyridine rings is 1. The van der Waals surface area contributed by atoms with Crippen molar-refractivity contribution in [3.63, 3.8) is 0 Å². The number of hydrazine groups is 1. The minimum Gasteiger partial charge on any atom is -0.307 e. The Hall–Kier alpha value is -0.540. The molecule has 1 aromatic rings. The molecule has 1 aromatic heterocycles. The highest BCUT2D eigenvalue weighted by Gasteiger charge is 2.20. The standard InChI is InChI=1S/C11H17ClN4O2S2/c12-10-5-9(7-14-11(10)16-13)20(17,18)15-6-8-1-3-19-4-2-8/h5,7-8,15H,1-4,6,13H2,(H,14,16). The first kappa shape index (κ1) is 15.8. The zero-order chi connectivity index (χ0) is 14.6. The molecule has 1 fully saturated rings. The molecule has 2 heterocycles. The lowest BCUT2D eigenvalue weighted by Crippen LogP contribution is -2.31. The first-order chi connectivity index (χ1) is 9.53. The number of thioether (sulfide) groups is 1. The van der Waals surface area contributed by atoms with E-state index in [1.807, 2.05) is 11.8 Å². The molecule has 0 amide bonds. The Morgan fingerprint density at radius 1 is 1.45 bits per heavy atom. The first-order valence-electron chi connectivity index (χ1n) is 6.22. The van der Waals surface area contributed by atoms with Crippen molar-refractivity contribution in [2.75, 3.05) is 23.5 Å². The largest absolute Gasteiger partial charge is 0.307 e. The summed E-state index contributed by atoms with van der Waals surface area (Å²) in [6.45, 7) is 0.456. The summed E-state index contributed by atoms with van der Waals surface area (Å²) in [7, 11) is -3.58. The maximum atomic E-state index is 12.2. The molecule has 1 saturated heterocycles. The van der Waals surface area contributed by atoms with Crippen LogP contribution in [-0.4, -0.2) is 31.5 Å². The van der Waals surface area contributed by atoms with Crippen LogP contribution in [0.5, 0.6) is 0 Å². The van der Waals surface area contributed by atoms with Gasteiger partial charge in [0.2, 0.25) is 10.0 Å². The summed E-state index contributed by atoms with van der Waals surface area (Å²) in [4.78, 5) is 3.92. The number of hydrogen-bond acceptors (Lipinski definition) is 6. The average Bonchev–Trinajstić information content (AvgIpc) is 2.46. The number of rotatable bonds is 5. The number of hydrogen-bond donors (Lipinski definition) is 3. The number of halogens is 1. The zero-order valence-corrected chi connectivity index (χ0v) is 13.2. The summed E-state index contributed by atoms with van der Waals surface area (Å²) in [6, 6.07) is 1.34. The van der Waals surface area contributed by atoms with Gasteiger partial charge in [-0.05, 0) is 36.3 Å². The van der Waals surface area contributed by atoms with Gasteiger partial charge in [-0.1, -0.05) is 11.6 Å². The summed E-state index contributed by atoms with van der Waals surface area (Å²) in [5.41, 5.74) is 2.30. The number of nitrogen functional groups attached to an aromatic ring is 1. The fraction of sp³-hybridized carbons (Fsp3) is 0.545. The Kier molecular flexibility index (Phi) is 5.50. The quantitative estimate of drug-likeness (QED) is 0.556. The number of nitrogens with zero attached hydrogens (tertiary/aromatic N) is 1. The van der Waals surface area contributed by atoms with Gasteiger partial charge in [0.1, 0.15) is 4.90 Å². The maximum Gasteiger partial charge on any atom is 0.242 e. The molecule has 6 nitrogen and oxygen atoms in total. The summed E-state index contributed by atoms with van der Waals surface area (Å²) in [5.74, 6) is 8.04. The van der Waals surface area contributed by atoms with Crippen LogP contribution in [0.1, 0.15) is 12.8 Å². The average molecular weight is 337 g/mol. The molecular weight excluding hydrogens is 320 g/mol. The minimum absolute atomic E-state index is 0.0479. The van der Waals surface area contributed by atoms with E-state index in [1.165, 1.54) is 12.3 Å². The minimum atomic E-state index is -3.58. The third kappa shape index (κ3) is 3.98. The molecule has 4 N–H and O–H groups in total. The van der Waals surface area contributed by atoms with Crippen LogP contribution in [0.15, 0.2) is 17.2 Å². The SMILES string of the molecule is NNc1ncc(S(=O)(=O)NCC2CCSCC2)cc1Cl. The van der Waals surface area contributed by atoms with Crippen molar-refractivity contribution < 1.29 is 8.42 Å². The fourth-order valence-electron chi connectivity index (χ4n) is 1.93. The van der Waals surface area contributed by atoms with Crippen molar-refractivity contribution >= 4 is 39.2 Å². The Morgan fingerprint density at radius 3 is 2.75 bits per heavy atom. The van der Waals surface area contributed by atoms with Crippen LogP contribution in [0.2, 0.25) is 5.02 Å². The molecule has 0 radical (unpaired) electrons. The molecule has 0 spiro atoms. The van der Waals surface area contributed by atoms with Crippen molar-refractivity contribution in [2.24, 2.45) is 11.8 Å². The highest BCUT2D eigenvalue weighted by Crippen LogP contribution is 2.24. The second-order valence-electron chi connectivity index (χ2n) is 4.55. The normalized spacial score (nSPS) is 17.1. The van der Waals surface area contributed by atoms with Crippen molar-refractivity contribution in [1.29, 1.82) is 0 Å². The van der Waals surface area contributed by atoms with Crippen LogP contribution in [0, 0.1) is 5.92 Å². The molecule has 0 aliphatic carbocycles. The topological polar surface area (TPSA) is 97.1 Å². The van der Waals surface area contributed by atoms with Gasteiger partial charge in [0.15, 0.2) is 5.82 Å². The van der Waals surface area contributed by atoms with Gasteiger partial charge in [-0.3, -0.25) is 0 Å². The molecule has 0 saturated carbocycles. The van der Waals surface area contributed by atoms with Crippen LogP contribution in [0.25, 0.3) is 0 Å². The van der Waals surface area contributed by atoms with E-state index < -0.39 is 10.0 Å². The van der Waals surface area contributed by atoms with Gasteiger partial charge < -0.3 is 5.43 Å². The van der Waals surface area contributed by atoms with E-state index in [2.05, 4.69) is 15.1 Å². The second-order valence-corrected chi connectivity index (χ2v) is 7.95. The third-order valence-corrected chi connectivity index (χ3v) is 5.89. The number of anilines is 1. The molecule has 1 aliphatic rings. The molecule has 1 aliphatic heterocycles. The van der Waals surface area contributed by atoms with Gasteiger partial charge in [0.05, 0.1) is 5.02 Å². The highest BCUT2D eigenvalue weighted by molar-refractivity contribution is 7.99. The Balaban J connectivity index is 2.04. The molecular formula is C11H17ClN4O2S2. The van der Waals surface area contributed by atoms with Gasteiger partial charge in [0.25, 0.3) is 0 Å². The number of aromatic nitrogens is 1. The predicted octanol–water partition coefficient (Wildman–Crippen LogP) is 1.44. The molecule has 0 atom stereocenters. The van der Waals surface area contributed by atoms with E-state index in [-0.39, 0.29) is 15.7 Å². The molecule has 9 heteroatoms. The van der Waals surface area contributed by atoms with E-state index >= 15 is 0 Å². The van der Waals surface area contributed by atoms with Gasteiger partial charge in [-0.15, -0.1) is 0 Å². The molecule has 112 valence electrons. The van der Waals surface area contributed by atoms with Gasteiger partial charge >= 0.3 is 0 Å². The predicted molar refractivity (Wildman–Crippen MR) is 82.3 cm³/mol. The van der Waals surface area contributed by atoms with Crippen LogP contribution >= 0.6 is 23.4 Å². The maximum absolute atomic E-state index is 12.2. The van der Waals surface area contributed by atoms with E-state index in [4.69, 9.17) is 17.4 Å². The van der Waals surface area contributed by atoms with Crippen molar-refractivity contribution in [2.45, 2.75) is 17.7 Å². The summed E-state index contributed by atoms with van der Waals surface area (Å²) >= 11 is 7.80. The van der Waals surface area contributed by atoms with Crippen molar-refractivity contribution in [3.8, 4) is 0 Å². The van der Waals surface area contributed by atoms with Crippen molar-refractivity contribution in [3.05, 3.63) is 17.3 Å². The highest BCUT2D eigenvalue weighted by atomic mass is 35.5. The van der Waals surface area contributed by atoms with E-state index in [0.717, 1.165) is 24.3 Å². The van der Waals surface area contributed by atoms with Gasteiger partial charge in [-0.25, -0.2) is 24.0 Å². The lowest BCUT2D eigenvalue weighted by molar-refractivity contribution is 0.476. The van der Waals surface area contributed by atoms with Crippen LogP contribution < -0.4 is 16.0 Å². The van der Waals surface area contributed by atoms with Gasteiger partial charge in [0, 0.05) is 12.7 Å². The van der Waals surface area contributed by atoms with E-state index in [1.54, 1.807) is 0 Å². The Bertz CT molecular complexity index is 562. The number of nitrogens with one attached hydrogen (secondary N) is 2. The smallest absolute Gasteiger partial charge is 0.242 e. The van der Waals surface area contributed by atoms with E-state index in [9.17, 15) is 8.42 Å². The van der Waals surface area contributed by atoms with Crippen molar-refractivity contribution in [1.82, 2.24) is 9.71 Å². The lowest BCUT2D eigenvalue weighted by atomic mass is 10.0. The van der Waals surface area contributed by atoms with Crippen LogP contribution in [0.4, 0.5) is 5.82 Å². The summed E-state index contributed by atoms with van der Waals surface area (Å²) < 4.78 is 26.9. The zero-order valence-electron chi connectivity index (χ0n) is 10.8. The van der Waals surface area contributed by atoms with Crippen LogP contribution in [-0.2, 0) is 10.0 Å². The lowest BCUT2D eigenvalue weighted by Gasteiger charge is -2.21. The number of nitrogens with two attached hydrogens (primary N) is 1. The summed E-state index contributed by atoms with van der Waals surface area (Å²) in [6.07, 6.45) is 3.32. The molecule has 20 heavy (non-hydrogen) atoms.